The van der Waals surface area contributed by atoms with Gasteiger partial charge in [-0.1, -0.05) is 23.2 Å². The summed E-state index contributed by atoms with van der Waals surface area (Å²) in [5.41, 5.74) is 0. The van der Waals surface area contributed by atoms with Crippen molar-refractivity contribution in [3.63, 3.8) is 0 Å². The average Bonchev–Trinajstić information content (AvgIpc) is 2.65. The lowest BCUT2D eigenvalue weighted by molar-refractivity contribution is 0.432. The highest BCUT2D eigenvalue weighted by Gasteiger charge is 2.28. The number of hydrogen-bond acceptors (Lipinski definition) is 3. The van der Waals surface area contributed by atoms with E-state index in [0.29, 0.717) is 24.1 Å². The third-order valence-electron chi connectivity index (χ3n) is 2.92. The van der Waals surface area contributed by atoms with E-state index in [1.165, 1.54) is 10.4 Å². The van der Waals surface area contributed by atoms with Crippen molar-refractivity contribution in [2.24, 2.45) is 0 Å². The topological polar surface area (TPSA) is 49.4 Å². The monoisotopic (exact) mass is 386 g/mol. The lowest BCUT2D eigenvalue weighted by atomic mass is 10.4. The molecule has 1 heterocycles. The fourth-order valence-electron chi connectivity index (χ4n) is 1.91. The second kappa shape index (κ2) is 6.28. The van der Waals surface area contributed by atoms with E-state index in [4.69, 9.17) is 23.2 Å². The summed E-state index contributed by atoms with van der Waals surface area (Å²) in [5.74, 6) is 0. The predicted octanol–water partition coefficient (Wildman–Crippen LogP) is 2.74. The lowest BCUT2D eigenvalue weighted by Crippen LogP contribution is -2.34. The van der Waals surface area contributed by atoms with Crippen molar-refractivity contribution in [2.75, 3.05) is 26.2 Å². The zero-order valence-electron chi connectivity index (χ0n) is 10.00. The minimum absolute atomic E-state index is 0.0595. The van der Waals surface area contributed by atoms with Gasteiger partial charge in [0.2, 0.25) is 10.0 Å². The molecule has 1 aliphatic rings. The van der Waals surface area contributed by atoms with E-state index in [1.54, 1.807) is 6.07 Å². The summed E-state index contributed by atoms with van der Waals surface area (Å²) in [4.78, 5) is 0.0595. The molecule has 1 N–H and O–H groups in total. The van der Waals surface area contributed by atoms with E-state index in [0.717, 1.165) is 13.0 Å². The van der Waals surface area contributed by atoms with Crippen LogP contribution in [-0.4, -0.2) is 38.9 Å². The highest BCUT2D eigenvalue weighted by Crippen LogP contribution is 2.36. The van der Waals surface area contributed by atoms with Crippen molar-refractivity contribution in [1.29, 1.82) is 0 Å². The van der Waals surface area contributed by atoms with Gasteiger partial charge in [-0.3, -0.25) is 0 Å². The predicted molar refractivity (Wildman–Crippen MR) is 80.4 cm³/mol. The maximum atomic E-state index is 12.6. The molecule has 0 aromatic heterocycles. The molecule has 2 rings (SSSR count). The number of halogens is 3. The Labute approximate surface area is 131 Å². The van der Waals surface area contributed by atoms with Gasteiger partial charge < -0.3 is 5.32 Å². The molecule has 106 valence electrons. The molecule has 1 aromatic rings. The largest absolute Gasteiger partial charge is 0.315 e. The molecule has 1 aromatic carbocycles. The Bertz CT molecular complexity index is 572. The second-order valence-electron chi connectivity index (χ2n) is 4.18. The van der Waals surface area contributed by atoms with Gasteiger partial charge in [0.25, 0.3) is 0 Å². The Hall–Kier alpha value is 0.150. The van der Waals surface area contributed by atoms with Crippen LogP contribution in [0.1, 0.15) is 6.42 Å². The summed E-state index contributed by atoms with van der Waals surface area (Å²) in [6.45, 7) is 2.38. The first kappa shape index (κ1) is 15.5. The molecule has 0 bridgehead atoms. The third-order valence-corrected chi connectivity index (χ3v) is 6.74. The quantitative estimate of drug-likeness (QED) is 0.793. The van der Waals surface area contributed by atoms with Crippen LogP contribution in [0, 0.1) is 0 Å². The molecule has 8 heteroatoms. The Balaban J connectivity index is 2.41. The maximum absolute atomic E-state index is 12.6. The first-order valence-corrected chi connectivity index (χ1v) is 8.78. The Kier molecular flexibility index (Phi) is 5.14. The number of hydrogen-bond donors (Lipinski definition) is 1. The number of rotatable bonds is 2. The summed E-state index contributed by atoms with van der Waals surface area (Å²) < 4.78 is 27.2. The van der Waals surface area contributed by atoms with Gasteiger partial charge >= 0.3 is 0 Å². The van der Waals surface area contributed by atoms with Crippen LogP contribution in [-0.2, 0) is 10.0 Å². The molecular formula is C11H13BrCl2N2O2S. The van der Waals surface area contributed by atoms with Gasteiger partial charge in [0.05, 0.1) is 10.0 Å². The van der Waals surface area contributed by atoms with Crippen molar-refractivity contribution >= 4 is 49.2 Å². The number of sulfonamides is 1. The van der Waals surface area contributed by atoms with E-state index >= 15 is 0 Å². The zero-order valence-corrected chi connectivity index (χ0v) is 13.9. The van der Waals surface area contributed by atoms with Crippen molar-refractivity contribution in [3.05, 3.63) is 26.7 Å². The Morgan fingerprint density at radius 1 is 1.16 bits per heavy atom. The smallest absolute Gasteiger partial charge is 0.244 e. The standard InChI is InChI=1S/C11H13BrCl2N2O2S/c12-8-2-3-9(11(14)10(8)13)19(17,18)16-6-1-4-15-5-7-16/h2-3,15H,1,4-7H2. The van der Waals surface area contributed by atoms with E-state index in [9.17, 15) is 8.42 Å². The number of nitrogens with one attached hydrogen (secondary N) is 1. The molecular weight excluding hydrogens is 375 g/mol. The SMILES string of the molecule is O=S(=O)(c1ccc(Br)c(Cl)c1Cl)N1CCCNCC1. The highest BCUT2D eigenvalue weighted by atomic mass is 79.9. The van der Waals surface area contributed by atoms with E-state index in [1.807, 2.05) is 0 Å². The van der Waals surface area contributed by atoms with E-state index in [2.05, 4.69) is 21.2 Å². The summed E-state index contributed by atoms with van der Waals surface area (Å²) >= 11 is 15.3. The first-order valence-electron chi connectivity index (χ1n) is 5.79. The second-order valence-corrected chi connectivity index (χ2v) is 7.70. The van der Waals surface area contributed by atoms with Gasteiger partial charge in [0.1, 0.15) is 4.90 Å². The molecule has 4 nitrogen and oxygen atoms in total. The first-order chi connectivity index (χ1) is 8.94. The van der Waals surface area contributed by atoms with Crippen LogP contribution >= 0.6 is 39.1 Å². The van der Waals surface area contributed by atoms with Crippen LogP contribution in [0.3, 0.4) is 0 Å². The maximum Gasteiger partial charge on any atom is 0.244 e. The molecule has 0 amide bonds. The van der Waals surface area contributed by atoms with Gasteiger partial charge in [0, 0.05) is 24.1 Å². The van der Waals surface area contributed by atoms with Gasteiger partial charge in [-0.2, -0.15) is 4.31 Å². The summed E-state index contributed by atoms with van der Waals surface area (Å²) in [5, 5.41) is 3.44. The van der Waals surface area contributed by atoms with Crippen LogP contribution in [0.4, 0.5) is 0 Å². The van der Waals surface area contributed by atoms with Crippen LogP contribution < -0.4 is 5.32 Å². The lowest BCUT2D eigenvalue weighted by Gasteiger charge is -2.20. The molecule has 0 saturated carbocycles. The molecule has 1 saturated heterocycles. The van der Waals surface area contributed by atoms with Gasteiger partial charge in [0.15, 0.2) is 0 Å². The minimum Gasteiger partial charge on any atom is -0.315 e. The normalized spacial score (nSPS) is 18.3. The summed E-state index contributed by atoms with van der Waals surface area (Å²) in [6.07, 6.45) is 0.779. The van der Waals surface area contributed by atoms with Crippen LogP contribution in [0.15, 0.2) is 21.5 Å². The molecule has 0 spiro atoms. The Morgan fingerprint density at radius 3 is 2.63 bits per heavy atom. The van der Waals surface area contributed by atoms with Crippen molar-refractivity contribution in [2.45, 2.75) is 11.3 Å². The molecule has 0 atom stereocenters. The minimum atomic E-state index is -3.60. The molecule has 1 fully saturated rings. The van der Waals surface area contributed by atoms with Crippen molar-refractivity contribution in [1.82, 2.24) is 9.62 Å². The van der Waals surface area contributed by atoms with Gasteiger partial charge in [-0.25, -0.2) is 8.42 Å². The van der Waals surface area contributed by atoms with E-state index in [-0.39, 0.29) is 14.9 Å². The Morgan fingerprint density at radius 2 is 1.89 bits per heavy atom. The van der Waals surface area contributed by atoms with Crippen LogP contribution in [0.2, 0.25) is 10.0 Å². The number of nitrogens with zero attached hydrogens (tertiary/aromatic N) is 1. The van der Waals surface area contributed by atoms with Crippen LogP contribution in [0.25, 0.3) is 0 Å². The number of benzene rings is 1. The third kappa shape index (κ3) is 3.25. The fraction of sp³-hybridized carbons (Fsp3) is 0.455. The molecule has 0 aliphatic carbocycles. The molecule has 1 aliphatic heterocycles. The summed E-state index contributed by atoms with van der Waals surface area (Å²) in [7, 11) is -3.60. The van der Waals surface area contributed by atoms with Crippen LogP contribution in [0.5, 0.6) is 0 Å². The van der Waals surface area contributed by atoms with Crippen molar-refractivity contribution < 1.29 is 8.42 Å². The van der Waals surface area contributed by atoms with Gasteiger partial charge in [-0.15, -0.1) is 0 Å². The fourth-order valence-corrected chi connectivity index (χ4v) is 4.58. The molecule has 19 heavy (non-hydrogen) atoms. The van der Waals surface area contributed by atoms with Gasteiger partial charge in [-0.05, 0) is 41.0 Å². The highest BCUT2D eigenvalue weighted by molar-refractivity contribution is 9.10. The molecule has 0 radical (unpaired) electrons. The summed E-state index contributed by atoms with van der Waals surface area (Å²) in [6, 6.07) is 3.07. The zero-order chi connectivity index (χ0) is 14.0. The molecule has 0 unspecified atom stereocenters. The average molecular weight is 388 g/mol. The van der Waals surface area contributed by atoms with Crippen molar-refractivity contribution in [3.8, 4) is 0 Å². The van der Waals surface area contributed by atoms with E-state index < -0.39 is 10.0 Å².